The number of piperazine rings is 1. The van der Waals surface area contributed by atoms with Crippen LogP contribution < -0.4 is 14.5 Å². The molecule has 3 atom stereocenters. The normalized spacial score (nSPS) is 21.5. The highest BCUT2D eigenvalue weighted by molar-refractivity contribution is 6.36. The van der Waals surface area contributed by atoms with E-state index in [2.05, 4.69) is 52.1 Å². The minimum Gasteiger partial charge on any atom is -0.462 e. The van der Waals surface area contributed by atoms with Crippen molar-refractivity contribution in [1.82, 2.24) is 19.8 Å². The maximum atomic E-state index is 14.0. The molecule has 0 radical (unpaired) electrons. The van der Waals surface area contributed by atoms with Gasteiger partial charge in [-0.25, -0.2) is 4.39 Å². The number of anilines is 2. The molecule has 0 saturated carbocycles. The van der Waals surface area contributed by atoms with Gasteiger partial charge in [0, 0.05) is 48.9 Å². The predicted molar refractivity (Wildman–Crippen MR) is 165 cm³/mol. The van der Waals surface area contributed by atoms with Crippen molar-refractivity contribution in [3.05, 3.63) is 52.7 Å². The van der Waals surface area contributed by atoms with Crippen LogP contribution in [0.5, 0.6) is 6.01 Å². The van der Waals surface area contributed by atoms with Crippen LogP contribution in [-0.2, 0) is 17.8 Å². The molecular formula is C32H37ClFN7O2. The Balaban J connectivity index is 1.33. The van der Waals surface area contributed by atoms with Crippen molar-refractivity contribution in [3.63, 3.8) is 0 Å². The number of carbonyl (C=O) groups excluding carboxylic acids is 1. The molecule has 43 heavy (non-hydrogen) atoms. The van der Waals surface area contributed by atoms with E-state index in [4.69, 9.17) is 26.3 Å². The third kappa shape index (κ3) is 5.93. The lowest BCUT2D eigenvalue weighted by molar-refractivity contribution is -0.138. The number of rotatable bonds is 7. The number of benzene rings is 2. The third-order valence-electron chi connectivity index (χ3n) is 9.00. The molecule has 11 heteroatoms. The quantitative estimate of drug-likeness (QED) is 0.386. The lowest BCUT2D eigenvalue weighted by Gasteiger charge is -2.42. The van der Waals surface area contributed by atoms with Gasteiger partial charge in [0.05, 0.1) is 35.8 Å². The number of likely N-dealkylation sites (tertiary alicyclic amines) is 1. The fourth-order valence-corrected chi connectivity index (χ4v) is 6.95. The van der Waals surface area contributed by atoms with Gasteiger partial charge in [-0.05, 0) is 57.3 Å². The van der Waals surface area contributed by atoms with Crippen molar-refractivity contribution in [2.75, 3.05) is 56.2 Å². The fraction of sp³-hybridized carbons (Fsp3) is 0.500. The van der Waals surface area contributed by atoms with Crippen molar-refractivity contribution in [3.8, 4) is 12.1 Å². The minimum atomic E-state index is -1.61. The number of aromatic nitrogens is 2. The van der Waals surface area contributed by atoms with Crippen LogP contribution in [0.15, 0.2) is 36.4 Å². The molecule has 9 nitrogen and oxygen atoms in total. The van der Waals surface area contributed by atoms with Gasteiger partial charge in [-0.3, -0.25) is 4.79 Å². The molecule has 0 bridgehead atoms. The Hall–Kier alpha value is -3.68. The van der Waals surface area contributed by atoms with Gasteiger partial charge in [-0.2, -0.15) is 15.2 Å². The standard InChI is InChI=1S/C32H37ClFN7O2/c1-21(34)31(42)41-17-16-40(18-23(41)11-13-35)30-25-12-15-39(28-10-4-7-22-6-3-9-26(33)29(22)28)19-27(25)36-32(37-30)43-20-24-8-5-14-38(24)2/h3-4,6-7,9-10,21,23-24H,5,8,11-12,14-20H2,1-2H3/t21-,23-,24-/m0/s1. The average Bonchev–Trinajstić information content (AvgIpc) is 3.43. The molecule has 1 amide bonds. The number of alkyl halides is 1. The van der Waals surface area contributed by atoms with Crippen LogP contribution >= 0.6 is 11.6 Å². The molecule has 0 spiro atoms. The van der Waals surface area contributed by atoms with Gasteiger partial charge in [-0.1, -0.05) is 35.9 Å². The monoisotopic (exact) mass is 605 g/mol. The summed E-state index contributed by atoms with van der Waals surface area (Å²) < 4.78 is 20.2. The number of amides is 1. The van der Waals surface area contributed by atoms with Crippen molar-refractivity contribution in [2.45, 2.75) is 57.4 Å². The lowest BCUT2D eigenvalue weighted by Crippen LogP contribution is -2.57. The van der Waals surface area contributed by atoms with Crippen LogP contribution in [0.4, 0.5) is 15.9 Å². The van der Waals surface area contributed by atoms with E-state index in [0.29, 0.717) is 56.3 Å². The number of fused-ring (bicyclic) bond motifs is 2. The largest absolute Gasteiger partial charge is 0.462 e. The molecule has 226 valence electrons. The smallest absolute Gasteiger partial charge is 0.318 e. The molecular weight excluding hydrogens is 569 g/mol. The van der Waals surface area contributed by atoms with Gasteiger partial charge in [-0.15, -0.1) is 0 Å². The second kappa shape index (κ2) is 12.5. The summed E-state index contributed by atoms with van der Waals surface area (Å²) in [6, 6.07) is 14.6. The Morgan fingerprint density at radius 3 is 2.70 bits per heavy atom. The summed E-state index contributed by atoms with van der Waals surface area (Å²) in [7, 11) is 2.11. The Kier molecular flexibility index (Phi) is 8.55. The molecule has 3 aliphatic heterocycles. The highest BCUT2D eigenvalue weighted by Crippen LogP contribution is 2.37. The first-order chi connectivity index (χ1) is 20.8. The van der Waals surface area contributed by atoms with Crippen LogP contribution in [0.1, 0.15) is 37.4 Å². The van der Waals surface area contributed by atoms with E-state index in [1.807, 2.05) is 12.1 Å². The molecule has 0 N–H and O–H groups in total. The lowest BCUT2D eigenvalue weighted by atomic mass is 10.0. The van der Waals surface area contributed by atoms with Crippen LogP contribution in [0.25, 0.3) is 10.8 Å². The Bertz CT molecular complexity index is 1540. The Morgan fingerprint density at radius 1 is 1.14 bits per heavy atom. The van der Waals surface area contributed by atoms with Crippen LogP contribution in [-0.4, -0.2) is 90.3 Å². The molecule has 2 fully saturated rings. The number of nitriles is 1. The SMILES string of the molecule is C[C@H](F)C(=O)N1CCN(c2nc(OC[C@@H]3CCCN3C)nc3c2CCN(c2cccc4cccc(Cl)c24)C3)C[C@@H]1CC#N. The molecule has 0 unspecified atom stereocenters. The van der Waals surface area contributed by atoms with E-state index < -0.39 is 18.1 Å². The van der Waals surface area contributed by atoms with E-state index >= 15 is 0 Å². The number of carbonyl (C=O) groups is 1. The Morgan fingerprint density at radius 2 is 1.95 bits per heavy atom. The zero-order valence-corrected chi connectivity index (χ0v) is 25.4. The molecule has 6 rings (SSSR count). The molecule has 4 heterocycles. The van der Waals surface area contributed by atoms with E-state index in [-0.39, 0.29) is 6.42 Å². The number of hydrogen-bond donors (Lipinski definition) is 0. The highest BCUT2D eigenvalue weighted by Gasteiger charge is 2.35. The number of ether oxygens (including phenoxy) is 1. The van der Waals surface area contributed by atoms with Gasteiger partial charge in [0.25, 0.3) is 5.91 Å². The second-order valence-electron chi connectivity index (χ2n) is 11.7. The molecule has 2 aromatic carbocycles. The van der Waals surface area contributed by atoms with Crippen LogP contribution in [0.3, 0.4) is 0 Å². The molecule has 0 aliphatic carbocycles. The fourth-order valence-electron chi connectivity index (χ4n) is 6.67. The summed E-state index contributed by atoms with van der Waals surface area (Å²) in [4.78, 5) is 30.7. The van der Waals surface area contributed by atoms with Crippen molar-refractivity contribution >= 4 is 39.8 Å². The molecule has 2 saturated heterocycles. The van der Waals surface area contributed by atoms with Gasteiger partial charge in [0.1, 0.15) is 12.4 Å². The van der Waals surface area contributed by atoms with Crippen molar-refractivity contribution in [1.29, 1.82) is 5.26 Å². The van der Waals surface area contributed by atoms with Gasteiger partial charge in [0.2, 0.25) is 0 Å². The van der Waals surface area contributed by atoms with Crippen molar-refractivity contribution in [2.24, 2.45) is 0 Å². The van der Waals surface area contributed by atoms with E-state index in [1.54, 1.807) is 0 Å². The van der Waals surface area contributed by atoms with Crippen molar-refractivity contribution < 1.29 is 13.9 Å². The molecule has 1 aromatic heterocycles. The summed E-state index contributed by atoms with van der Waals surface area (Å²) >= 11 is 6.68. The number of hydrogen-bond acceptors (Lipinski definition) is 8. The number of likely N-dealkylation sites (N-methyl/N-ethyl adjacent to an activating group) is 1. The average molecular weight is 606 g/mol. The van der Waals surface area contributed by atoms with Gasteiger partial charge < -0.3 is 24.3 Å². The van der Waals surface area contributed by atoms with E-state index in [9.17, 15) is 14.4 Å². The topological polar surface area (TPSA) is 88.8 Å². The summed E-state index contributed by atoms with van der Waals surface area (Å²) in [5.74, 6) is 0.206. The van der Waals surface area contributed by atoms with Gasteiger partial charge >= 0.3 is 6.01 Å². The molecule has 3 aliphatic rings. The summed E-state index contributed by atoms with van der Waals surface area (Å²) in [5, 5.41) is 12.3. The predicted octanol–water partition coefficient (Wildman–Crippen LogP) is 4.61. The van der Waals surface area contributed by atoms with Gasteiger partial charge in [0.15, 0.2) is 6.17 Å². The summed E-state index contributed by atoms with van der Waals surface area (Å²) in [6.45, 7) is 5.31. The number of halogens is 2. The summed E-state index contributed by atoms with van der Waals surface area (Å²) in [6.07, 6.45) is 1.44. The zero-order chi connectivity index (χ0) is 30.1. The van der Waals surface area contributed by atoms with E-state index in [1.165, 1.54) is 11.8 Å². The highest BCUT2D eigenvalue weighted by atomic mass is 35.5. The first-order valence-electron chi connectivity index (χ1n) is 15.1. The number of nitrogens with zero attached hydrogens (tertiary/aromatic N) is 7. The maximum absolute atomic E-state index is 14.0. The van der Waals surface area contributed by atoms with E-state index in [0.717, 1.165) is 59.5 Å². The van der Waals surface area contributed by atoms with Crippen LogP contribution in [0.2, 0.25) is 5.02 Å². The van der Waals surface area contributed by atoms with Crippen LogP contribution in [0, 0.1) is 11.3 Å². The minimum absolute atomic E-state index is 0.120. The maximum Gasteiger partial charge on any atom is 0.318 e. The third-order valence-corrected chi connectivity index (χ3v) is 9.32. The summed E-state index contributed by atoms with van der Waals surface area (Å²) in [5.41, 5.74) is 3.00. The Labute approximate surface area is 256 Å². The first kappa shape index (κ1) is 29.4. The molecule has 3 aromatic rings. The zero-order valence-electron chi connectivity index (χ0n) is 24.7. The first-order valence-corrected chi connectivity index (χ1v) is 15.4. The second-order valence-corrected chi connectivity index (χ2v) is 12.1.